The Labute approximate surface area is 116 Å². The zero-order valence-corrected chi connectivity index (χ0v) is 12.5. The van der Waals surface area contributed by atoms with Gasteiger partial charge in [-0.05, 0) is 25.7 Å². The third kappa shape index (κ3) is 3.39. The summed E-state index contributed by atoms with van der Waals surface area (Å²) in [6, 6.07) is 0. The predicted molar refractivity (Wildman–Crippen MR) is 75.3 cm³/mol. The van der Waals surface area contributed by atoms with Gasteiger partial charge in [-0.1, -0.05) is 39.0 Å². The Bertz CT molecular complexity index is 437. The summed E-state index contributed by atoms with van der Waals surface area (Å²) in [4.78, 5) is 11.1. The summed E-state index contributed by atoms with van der Waals surface area (Å²) in [7, 11) is 1.33. The number of rotatable bonds is 1. The van der Waals surface area contributed by atoms with Crippen LogP contribution in [0.15, 0.2) is 11.6 Å². The lowest BCUT2D eigenvalue weighted by Gasteiger charge is -2.47. The first kappa shape index (κ1) is 15.8. The van der Waals surface area contributed by atoms with Gasteiger partial charge >= 0.3 is 5.97 Å². The van der Waals surface area contributed by atoms with Crippen LogP contribution in [-0.2, 0) is 9.53 Å². The van der Waals surface area contributed by atoms with E-state index in [4.69, 9.17) is 0 Å². The topological polar surface area (TPSA) is 46.5 Å². The highest BCUT2D eigenvalue weighted by Crippen LogP contribution is 2.46. The van der Waals surface area contributed by atoms with E-state index in [2.05, 4.69) is 30.4 Å². The Morgan fingerprint density at radius 2 is 2.11 bits per heavy atom. The van der Waals surface area contributed by atoms with Crippen LogP contribution in [0.25, 0.3) is 0 Å². The van der Waals surface area contributed by atoms with Crippen LogP contribution < -0.4 is 0 Å². The van der Waals surface area contributed by atoms with Crippen molar-refractivity contribution < 1.29 is 14.6 Å². The average Bonchev–Trinajstić information content (AvgIpc) is 2.33. The summed E-state index contributed by atoms with van der Waals surface area (Å²) in [6.07, 6.45) is 4.41. The number of aliphatic hydroxyl groups is 1. The number of allylic oxidation sites excluding steroid dienone is 1. The Morgan fingerprint density at radius 1 is 1.47 bits per heavy atom. The molecule has 1 aliphatic rings. The number of hydrogen-bond acceptors (Lipinski definition) is 3. The minimum absolute atomic E-state index is 0.134. The second-order valence-electron chi connectivity index (χ2n) is 6.04. The van der Waals surface area contributed by atoms with Gasteiger partial charge in [-0.25, -0.2) is 4.79 Å². The predicted octanol–water partition coefficient (Wildman–Crippen LogP) is 2.69. The maximum atomic E-state index is 11.1. The monoisotopic (exact) mass is 264 g/mol. The van der Waals surface area contributed by atoms with Gasteiger partial charge in [0.2, 0.25) is 0 Å². The average molecular weight is 264 g/mol. The van der Waals surface area contributed by atoms with E-state index in [-0.39, 0.29) is 11.3 Å². The summed E-state index contributed by atoms with van der Waals surface area (Å²) in [5.41, 5.74) is -0.631. The zero-order valence-electron chi connectivity index (χ0n) is 12.5. The Kier molecular flexibility index (Phi) is 4.81. The fourth-order valence-corrected chi connectivity index (χ4v) is 2.67. The molecule has 0 bridgehead atoms. The third-order valence-corrected chi connectivity index (χ3v) is 4.17. The molecule has 2 atom stereocenters. The van der Waals surface area contributed by atoms with Crippen molar-refractivity contribution in [3.8, 4) is 11.8 Å². The number of carbonyl (C=O) groups is 1. The van der Waals surface area contributed by atoms with Crippen molar-refractivity contribution in [2.75, 3.05) is 7.11 Å². The Balaban J connectivity index is 3.01. The van der Waals surface area contributed by atoms with E-state index in [0.717, 1.165) is 19.3 Å². The molecule has 19 heavy (non-hydrogen) atoms. The van der Waals surface area contributed by atoms with Crippen LogP contribution in [0.2, 0.25) is 0 Å². The van der Waals surface area contributed by atoms with Crippen molar-refractivity contribution in [3.05, 3.63) is 11.6 Å². The van der Waals surface area contributed by atoms with Crippen LogP contribution in [0.4, 0.5) is 0 Å². The maximum Gasteiger partial charge on any atom is 0.331 e. The normalized spacial score (nSPS) is 30.2. The van der Waals surface area contributed by atoms with Gasteiger partial charge in [0.25, 0.3) is 0 Å². The molecule has 3 heteroatoms. The lowest BCUT2D eigenvalue weighted by Crippen LogP contribution is -2.51. The second-order valence-corrected chi connectivity index (χ2v) is 6.04. The van der Waals surface area contributed by atoms with Gasteiger partial charge in [0.1, 0.15) is 5.60 Å². The summed E-state index contributed by atoms with van der Waals surface area (Å²) in [5, 5.41) is 10.9. The van der Waals surface area contributed by atoms with Gasteiger partial charge in [-0.3, -0.25) is 0 Å². The summed E-state index contributed by atoms with van der Waals surface area (Å²) >= 11 is 0. The highest BCUT2D eigenvalue weighted by molar-refractivity contribution is 5.83. The first-order valence-corrected chi connectivity index (χ1v) is 6.75. The lowest BCUT2D eigenvalue weighted by atomic mass is 9.61. The summed E-state index contributed by atoms with van der Waals surface area (Å²) in [5.74, 6) is 5.61. The fourth-order valence-electron chi connectivity index (χ4n) is 2.67. The molecule has 2 unspecified atom stereocenters. The van der Waals surface area contributed by atoms with Gasteiger partial charge in [0.05, 0.1) is 7.11 Å². The maximum absolute atomic E-state index is 11.1. The van der Waals surface area contributed by atoms with Crippen molar-refractivity contribution in [1.29, 1.82) is 0 Å². The molecular weight excluding hydrogens is 240 g/mol. The lowest BCUT2D eigenvalue weighted by molar-refractivity contribution is -0.134. The van der Waals surface area contributed by atoms with E-state index < -0.39 is 11.6 Å². The molecule has 0 amide bonds. The standard InChI is InChI=1S/C16H24O3/c1-12(11-14(17)19-5)8-10-16(18)13(2)7-6-9-15(16,3)4/h11,13,18H,6-7,9H2,1-5H3/b12-11+. The van der Waals surface area contributed by atoms with Crippen LogP contribution in [0.3, 0.4) is 0 Å². The molecule has 1 aliphatic carbocycles. The molecule has 1 fully saturated rings. The van der Waals surface area contributed by atoms with E-state index in [1.54, 1.807) is 6.92 Å². The van der Waals surface area contributed by atoms with Crippen LogP contribution in [0, 0.1) is 23.2 Å². The molecule has 1 N–H and O–H groups in total. The van der Waals surface area contributed by atoms with E-state index >= 15 is 0 Å². The minimum Gasteiger partial charge on any atom is -0.466 e. The fraction of sp³-hybridized carbons (Fsp3) is 0.688. The van der Waals surface area contributed by atoms with E-state index in [1.807, 2.05) is 6.92 Å². The van der Waals surface area contributed by atoms with Gasteiger partial charge in [0, 0.05) is 17.1 Å². The van der Waals surface area contributed by atoms with Crippen molar-refractivity contribution in [1.82, 2.24) is 0 Å². The summed E-state index contributed by atoms with van der Waals surface area (Å²) in [6.45, 7) is 7.89. The molecule has 0 spiro atoms. The first-order chi connectivity index (χ1) is 8.73. The molecule has 1 rings (SSSR count). The number of ether oxygens (including phenoxy) is 1. The van der Waals surface area contributed by atoms with E-state index in [9.17, 15) is 9.90 Å². The molecule has 0 aromatic carbocycles. The van der Waals surface area contributed by atoms with Gasteiger partial charge in [0.15, 0.2) is 0 Å². The number of methoxy groups -OCH3 is 1. The van der Waals surface area contributed by atoms with Crippen LogP contribution >= 0.6 is 0 Å². The molecule has 0 heterocycles. The summed E-state index contributed by atoms with van der Waals surface area (Å²) < 4.78 is 4.55. The SMILES string of the molecule is COC(=O)/C=C(\C)C#CC1(O)C(C)CCCC1(C)C. The molecule has 106 valence electrons. The van der Waals surface area contributed by atoms with E-state index in [0.29, 0.717) is 5.57 Å². The molecule has 1 saturated carbocycles. The third-order valence-electron chi connectivity index (χ3n) is 4.17. The van der Waals surface area contributed by atoms with Gasteiger partial charge in [-0.2, -0.15) is 0 Å². The minimum atomic E-state index is -1.00. The molecule has 3 nitrogen and oxygen atoms in total. The zero-order chi connectivity index (χ0) is 14.7. The number of hydrogen-bond donors (Lipinski definition) is 1. The van der Waals surface area contributed by atoms with Crippen molar-refractivity contribution in [3.63, 3.8) is 0 Å². The molecule has 0 aromatic rings. The van der Waals surface area contributed by atoms with Crippen LogP contribution in [0.5, 0.6) is 0 Å². The van der Waals surface area contributed by atoms with Crippen LogP contribution in [0.1, 0.15) is 47.0 Å². The number of esters is 1. The largest absolute Gasteiger partial charge is 0.466 e. The highest BCUT2D eigenvalue weighted by atomic mass is 16.5. The Morgan fingerprint density at radius 3 is 2.63 bits per heavy atom. The quantitative estimate of drug-likeness (QED) is 0.450. The van der Waals surface area contributed by atoms with Crippen molar-refractivity contribution in [2.45, 2.75) is 52.6 Å². The highest BCUT2D eigenvalue weighted by Gasteiger charge is 2.48. The van der Waals surface area contributed by atoms with Crippen molar-refractivity contribution in [2.24, 2.45) is 11.3 Å². The van der Waals surface area contributed by atoms with Crippen molar-refractivity contribution >= 4 is 5.97 Å². The molecular formula is C16H24O3. The van der Waals surface area contributed by atoms with Gasteiger partial charge in [-0.15, -0.1) is 0 Å². The molecule has 0 saturated heterocycles. The first-order valence-electron chi connectivity index (χ1n) is 6.75. The number of carbonyl (C=O) groups excluding carboxylic acids is 1. The molecule has 0 aromatic heterocycles. The Hall–Kier alpha value is -1.27. The van der Waals surface area contributed by atoms with Gasteiger partial charge < -0.3 is 9.84 Å². The van der Waals surface area contributed by atoms with E-state index in [1.165, 1.54) is 13.2 Å². The second kappa shape index (κ2) is 5.79. The molecule has 0 aliphatic heterocycles. The van der Waals surface area contributed by atoms with Crippen LogP contribution in [-0.4, -0.2) is 23.8 Å². The molecule has 0 radical (unpaired) electrons. The smallest absolute Gasteiger partial charge is 0.331 e.